The quantitative estimate of drug-likeness (QED) is 0.313. The zero-order valence-corrected chi connectivity index (χ0v) is 20.4. The van der Waals surface area contributed by atoms with Crippen LogP contribution in [0.2, 0.25) is 0 Å². The summed E-state index contributed by atoms with van der Waals surface area (Å²) in [6.07, 6.45) is 6.45. The van der Waals surface area contributed by atoms with Crippen LogP contribution in [-0.4, -0.2) is 47.8 Å². The molecule has 0 aliphatic rings. The summed E-state index contributed by atoms with van der Waals surface area (Å²) < 4.78 is 19.3. The van der Waals surface area contributed by atoms with Crippen molar-refractivity contribution in [1.29, 1.82) is 0 Å². The second-order valence-electron chi connectivity index (χ2n) is 7.62. The zero-order chi connectivity index (χ0) is 23.9. The monoisotopic (exact) mass is 480 g/mol. The van der Waals surface area contributed by atoms with Gasteiger partial charge in [0, 0.05) is 25.5 Å². The predicted octanol–water partition coefficient (Wildman–Crippen LogP) is 4.57. The van der Waals surface area contributed by atoms with E-state index in [0.717, 1.165) is 34.5 Å². The summed E-state index contributed by atoms with van der Waals surface area (Å²) in [4.78, 5) is 24.1. The van der Waals surface area contributed by atoms with E-state index < -0.39 is 0 Å². The number of hydrogen-bond acceptors (Lipinski definition) is 7. The molecule has 178 valence electrons. The van der Waals surface area contributed by atoms with Gasteiger partial charge in [0.05, 0.1) is 43.8 Å². The molecule has 0 unspecified atom stereocenters. The lowest BCUT2D eigenvalue weighted by Gasteiger charge is -2.20. The maximum atomic E-state index is 13.5. The Labute approximate surface area is 202 Å². The van der Waals surface area contributed by atoms with E-state index in [9.17, 15) is 4.79 Å². The number of aryl methyl sites for hydroxylation is 1. The van der Waals surface area contributed by atoms with Crippen LogP contribution < -0.4 is 19.1 Å². The molecule has 9 heteroatoms. The van der Waals surface area contributed by atoms with Crippen LogP contribution in [0.1, 0.15) is 18.9 Å². The van der Waals surface area contributed by atoms with E-state index in [-0.39, 0.29) is 12.3 Å². The molecule has 0 spiro atoms. The van der Waals surface area contributed by atoms with Gasteiger partial charge in [-0.15, -0.1) is 0 Å². The van der Waals surface area contributed by atoms with Gasteiger partial charge >= 0.3 is 0 Å². The average molecular weight is 481 g/mol. The molecule has 0 atom stereocenters. The minimum Gasteiger partial charge on any atom is -0.494 e. The Morgan fingerprint density at radius 3 is 2.71 bits per heavy atom. The van der Waals surface area contributed by atoms with E-state index in [4.69, 9.17) is 19.2 Å². The Balaban J connectivity index is 1.58. The van der Waals surface area contributed by atoms with Gasteiger partial charge in [-0.05, 0) is 49.2 Å². The fraction of sp³-hybridized carbons (Fsp3) is 0.320. The highest BCUT2D eigenvalue weighted by Crippen LogP contribution is 2.33. The molecule has 2 aromatic carbocycles. The van der Waals surface area contributed by atoms with Crippen molar-refractivity contribution in [2.24, 2.45) is 0 Å². The van der Waals surface area contributed by atoms with Gasteiger partial charge in [-0.25, -0.2) is 9.97 Å². The number of benzene rings is 2. The first-order valence-corrected chi connectivity index (χ1v) is 11.9. The van der Waals surface area contributed by atoms with Gasteiger partial charge in [-0.2, -0.15) is 0 Å². The van der Waals surface area contributed by atoms with Crippen LogP contribution in [0.4, 0.5) is 5.13 Å². The van der Waals surface area contributed by atoms with Gasteiger partial charge in [0.25, 0.3) is 0 Å². The molecule has 0 saturated heterocycles. The first-order chi connectivity index (χ1) is 16.6. The summed E-state index contributed by atoms with van der Waals surface area (Å²) >= 11 is 1.50. The van der Waals surface area contributed by atoms with Crippen molar-refractivity contribution in [2.75, 3.05) is 32.3 Å². The number of amides is 1. The standard InChI is InChI=1S/C25H28N4O4S/c1-4-33-19-7-8-20-23(16-19)34-25(27-20)29(12-5-11-28-13-10-26-17-28)24(30)15-18-6-9-21(31-2)22(14-18)32-3/h6-10,13-14,16-17H,4-5,11-12,15H2,1-3H3. The SMILES string of the molecule is CCOc1ccc2nc(N(CCCn3ccnc3)C(=O)Cc3ccc(OC)c(OC)c3)sc2c1. The normalized spacial score (nSPS) is 10.9. The van der Waals surface area contributed by atoms with Gasteiger partial charge in [0.1, 0.15) is 5.75 Å². The van der Waals surface area contributed by atoms with Crippen LogP contribution in [0.15, 0.2) is 55.1 Å². The minimum absolute atomic E-state index is 0.0260. The molecule has 34 heavy (non-hydrogen) atoms. The van der Waals surface area contributed by atoms with Gasteiger partial charge in [-0.3, -0.25) is 9.69 Å². The summed E-state index contributed by atoms with van der Waals surface area (Å²) in [5.74, 6) is 2.01. The molecule has 0 aliphatic carbocycles. The van der Waals surface area contributed by atoms with Crippen molar-refractivity contribution in [3.05, 3.63) is 60.7 Å². The molecule has 0 N–H and O–H groups in total. The number of rotatable bonds is 11. The first kappa shape index (κ1) is 23.6. The Morgan fingerprint density at radius 1 is 1.12 bits per heavy atom. The molecular formula is C25H28N4O4S. The van der Waals surface area contributed by atoms with E-state index in [1.807, 2.05) is 54.1 Å². The van der Waals surface area contributed by atoms with Crippen molar-refractivity contribution in [2.45, 2.75) is 26.3 Å². The molecule has 0 aliphatic heterocycles. The number of carbonyl (C=O) groups is 1. The van der Waals surface area contributed by atoms with Crippen molar-refractivity contribution in [3.8, 4) is 17.2 Å². The number of ether oxygens (including phenoxy) is 3. The van der Waals surface area contributed by atoms with Crippen molar-refractivity contribution < 1.29 is 19.0 Å². The lowest BCUT2D eigenvalue weighted by Crippen LogP contribution is -2.33. The van der Waals surface area contributed by atoms with Crippen LogP contribution >= 0.6 is 11.3 Å². The minimum atomic E-state index is -0.0260. The average Bonchev–Trinajstić information content (AvgIpc) is 3.51. The highest BCUT2D eigenvalue weighted by atomic mass is 32.1. The third kappa shape index (κ3) is 5.48. The van der Waals surface area contributed by atoms with Crippen molar-refractivity contribution in [1.82, 2.24) is 14.5 Å². The Bertz CT molecular complexity index is 1240. The second kappa shape index (κ2) is 11.0. The molecular weight excluding hydrogens is 452 g/mol. The van der Waals surface area contributed by atoms with Crippen LogP contribution in [-0.2, 0) is 17.8 Å². The number of thiazole rings is 1. The highest BCUT2D eigenvalue weighted by molar-refractivity contribution is 7.22. The number of anilines is 1. The van der Waals surface area contributed by atoms with Crippen LogP contribution in [0.3, 0.4) is 0 Å². The Hall–Kier alpha value is -3.59. The highest BCUT2D eigenvalue weighted by Gasteiger charge is 2.21. The lowest BCUT2D eigenvalue weighted by atomic mass is 10.1. The van der Waals surface area contributed by atoms with Crippen molar-refractivity contribution in [3.63, 3.8) is 0 Å². The largest absolute Gasteiger partial charge is 0.494 e. The number of carbonyl (C=O) groups excluding carboxylic acids is 1. The molecule has 0 radical (unpaired) electrons. The van der Waals surface area contributed by atoms with Crippen LogP contribution in [0.5, 0.6) is 17.2 Å². The second-order valence-corrected chi connectivity index (χ2v) is 8.63. The lowest BCUT2D eigenvalue weighted by molar-refractivity contribution is -0.118. The number of methoxy groups -OCH3 is 2. The Kier molecular flexibility index (Phi) is 7.64. The fourth-order valence-electron chi connectivity index (χ4n) is 3.68. The number of nitrogens with zero attached hydrogens (tertiary/aromatic N) is 4. The molecule has 2 aromatic heterocycles. The van der Waals surface area contributed by atoms with Crippen molar-refractivity contribution >= 4 is 32.6 Å². The van der Waals surface area contributed by atoms with Gasteiger partial charge < -0.3 is 18.8 Å². The first-order valence-electron chi connectivity index (χ1n) is 11.1. The van der Waals surface area contributed by atoms with Crippen LogP contribution in [0.25, 0.3) is 10.2 Å². The summed E-state index contributed by atoms with van der Waals surface area (Å²) in [7, 11) is 3.18. The number of fused-ring (bicyclic) bond motifs is 1. The number of aromatic nitrogens is 3. The molecule has 0 saturated carbocycles. The number of imidazole rings is 1. The zero-order valence-electron chi connectivity index (χ0n) is 19.6. The summed E-state index contributed by atoms with van der Waals surface area (Å²) in [6.45, 7) is 3.86. The van der Waals surface area contributed by atoms with E-state index in [1.54, 1.807) is 31.6 Å². The molecule has 4 rings (SSSR count). The van der Waals surface area contributed by atoms with Crippen LogP contribution in [0, 0.1) is 0 Å². The van der Waals surface area contributed by atoms with Gasteiger partial charge in [0.15, 0.2) is 16.6 Å². The number of hydrogen-bond donors (Lipinski definition) is 0. The predicted molar refractivity (Wildman–Crippen MR) is 133 cm³/mol. The molecule has 0 bridgehead atoms. The molecule has 0 fully saturated rings. The van der Waals surface area contributed by atoms with Gasteiger partial charge in [0.2, 0.25) is 5.91 Å². The third-order valence-electron chi connectivity index (χ3n) is 5.35. The Morgan fingerprint density at radius 2 is 1.97 bits per heavy atom. The van der Waals surface area contributed by atoms with E-state index in [2.05, 4.69) is 4.98 Å². The topological polar surface area (TPSA) is 78.7 Å². The third-order valence-corrected chi connectivity index (χ3v) is 6.39. The van der Waals surface area contributed by atoms with E-state index >= 15 is 0 Å². The molecule has 1 amide bonds. The molecule has 8 nitrogen and oxygen atoms in total. The molecule has 4 aromatic rings. The smallest absolute Gasteiger partial charge is 0.233 e. The van der Waals surface area contributed by atoms with E-state index in [0.29, 0.717) is 29.8 Å². The maximum Gasteiger partial charge on any atom is 0.233 e. The summed E-state index contributed by atoms with van der Waals surface area (Å²) in [6, 6.07) is 11.4. The van der Waals surface area contributed by atoms with Gasteiger partial charge in [-0.1, -0.05) is 17.4 Å². The summed E-state index contributed by atoms with van der Waals surface area (Å²) in [5, 5.41) is 0.680. The maximum absolute atomic E-state index is 13.5. The summed E-state index contributed by atoms with van der Waals surface area (Å²) in [5.41, 5.74) is 1.70. The molecule has 2 heterocycles. The fourth-order valence-corrected chi connectivity index (χ4v) is 4.72. The van der Waals surface area contributed by atoms with E-state index in [1.165, 1.54) is 11.3 Å².